The quantitative estimate of drug-likeness (QED) is 0.913. The van der Waals surface area contributed by atoms with Crippen LogP contribution in [0.4, 0.5) is 0 Å². The molecule has 0 bridgehead atoms. The molecule has 0 aliphatic carbocycles. The second-order valence-electron chi connectivity index (χ2n) is 6.22. The first kappa shape index (κ1) is 13.9. The van der Waals surface area contributed by atoms with Crippen LogP contribution in [0.15, 0.2) is 24.3 Å². The van der Waals surface area contributed by atoms with Crippen molar-refractivity contribution < 1.29 is 4.74 Å². The average molecular weight is 274 g/mol. The molecule has 0 saturated carbocycles. The van der Waals surface area contributed by atoms with Crippen LogP contribution >= 0.6 is 0 Å². The molecule has 1 N–H and O–H groups in total. The maximum atomic E-state index is 5.27. The van der Waals surface area contributed by atoms with Crippen LogP contribution in [0, 0.1) is 11.8 Å². The largest absolute Gasteiger partial charge is 0.497 e. The predicted molar refractivity (Wildman–Crippen MR) is 82.0 cm³/mol. The maximum absolute atomic E-state index is 5.27. The van der Waals surface area contributed by atoms with Crippen molar-refractivity contribution in [2.24, 2.45) is 11.8 Å². The second-order valence-corrected chi connectivity index (χ2v) is 6.22. The van der Waals surface area contributed by atoms with Gasteiger partial charge in [0, 0.05) is 18.6 Å². The Labute approximate surface area is 122 Å². The summed E-state index contributed by atoms with van der Waals surface area (Å²) in [4.78, 5) is 2.72. The first-order valence-corrected chi connectivity index (χ1v) is 7.85. The highest BCUT2D eigenvalue weighted by molar-refractivity contribution is 5.29. The summed E-state index contributed by atoms with van der Waals surface area (Å²) >= 11 is 0. The Bertz CT molecular complexity index is 445. The first-order chi connectivity index (χ1) is 9.74. The smallest absolute Gasteiger partial charge is 0.118 e. The molecule has 3 rings (SSSR count). The summed E-state index contributed by atoms with van der Waals surface area (Å²) < 4.78 is 5.27. The summed E-state index contributed by atoms with van der Waals surface area (Å²) in [6.07, 6.45) is 1.17. The highest BCUT2D eigenvalue weighted by atomic mass is 16.5. The Morgan fingerprint density at radius 1 is 1.30 bits per heavy atom. The molecule has 1 aromatic carbocycles. The number of hydrogen-bond donors (Lipinski definition) is 1. The molecule has 3 heteroatoms. The zero-order valence-electron chi connectivity index (χ0n) is 12.8. The monoisotopic (exact) mass is 274 g/mol. The minimum absolute atomic E-state index is 0.543. The highest BCUT2D eigenvalue weighted by Gasteiger charge is 2.43. The fourth-order valence-corrected chi connectivity index (χ4v) is 4.10. The van der Waals surface area contributed by atoms with Gasteiger partial charge in [0.1, 0.15) is 5.75 Å². The Morgan fingerprint density at radius 2 is 2.05 bits per heavy atom. The van der Waals surface area contributed by atoms with Gasteiger partial charge in [0.05, 0.1) is 7.11 Å². The number of methoxy groups -OCH3 is 1. The van der Waals surface area contributed by atoms with Crippen LogP contribution in [0.3, 0.4) is 0 Å². The van der Waals surface area contributed by atoms with E-state index >= 15 is 0 Å². The Balaban J connectivity index is 1.79. The molecule has 2 heterocycles. The summed E-state index contributed by atoms with van der Waals surface area (Å²) in [5.41, 5.74) is 1.42. The van der Waals surface area contributed by atoms with Crippen LogP contribution in [0.5, 0.6) is 5.75 Å². The number of likely N-dealkylation sites (tertiary alicyclic amines) is 1. The molecule has 3 nitrogen and oxygen atoms in total. The molecule has 4 atom stereocenters. The fourth-order valence-electron chi connectivity index (χ4n) is 4.10. The molecule has 2 aliphatic heterocycles. The van der Waals surface area contributed by atoms with Gasteiger partial charge in [-0.2, -0.15) is 0 Å². The average Bonchev–Trinajstić information content (AvgIpc) is 3.05. The van der Waals surface area contributed by atoms with Gasteiger partial charge in [-0.3, -0.25) is 4.90 Å². The van der Waals surface area contributed by atoms with Gasteiger partial charge in [0.2, 0.25) is 0 Å². The molecule has 1 aromatic rings. The molecule has 0 radical (unpaired) electrons. The lowest BCUT2D eigenvalue weighted by atomic mass is 9.95. The van der Waals surface area contributed by atoms with Gasteiger partial charge < -0.3 is 10.1 Å². The van der Waals surface area contributed by atoms with Crippen molar-refractivity contribution >= 4 is 0 Å². The van der Waals surface area contributed by atoms with Crippen LogP contribution < -0.4 is 10.1 Å². The number of nitrogens with one attached hydrogen (secondary N) is 1. The van der Waals surface area contributed by atoms with E-state index in [9.17, 15) is 0 Å². The number of fused-ring (bicyclic) bond motifs is 1. The molecule has 4 unspecified atom stereocenters. The van der Waals surface area contributed by atoms with E-state index in [1.54, 1.807) is 7.11 Å². The second kappa shape index (κ2) is 5.74. The molecule has 2 saturated heterocycles. The maximum Gasteiger partial charge on any atom is 0.118 e. The van der Waals surface area contributed by atoms with E-state index in [1.807, 2.05) is 0 Å². The van der Waals surface area contributed by atoms with E-state index in [0.717, 1.165) is 17.6 Å². The highest BCUT2D eigenvalue weighted by Crippen LogP contribution is 2.39. The lowest BCUT2D eigenvalue weighted by Gasteiger charge is -2.33. The first-order valence-electron chi connectivity index (χ1n) is 7.85. The topological polar surface area (TPSA) is 24.5 Å². The molecular formula is C17H26N2O. The minimum Gasteiger partial charge on any atom is -0.497 e. The van der Waals surface area contributed by atoms with Gasteiger partial charge in [0.25, 0.3) is 0 Å². The van der Waals surface area contributed by atoms with E-state index < -0.39 is 0 Å². The molecule has 2 fully saturated rings. The Morgan fingerprint density at radius 3 is 2.65 bits per heavy atom. The van der Waals surface area contributed by atoms with Crippen molar-refractivity contribution in [2.75, 3.05) is 26.7 Å². The van der Waals surface area contributed by atoms with Crippen molar-refractivity contribution in [3.8, 4) is 5.75 Å². The van der Waals surface area contributed by atoms with E-state index in [0.29, 0.717) is 12.1 Å². The molecule has 0 aromatic heterocycles. The number of hydrogen-bond acceptors (Lipinski definition) is 3. The number of nitrogens with zero attached hydrogens (tertiary/aromatic N) is 1. The standard InChI is InChI=1S/C17H26N2O/c1-4-17(13-5-7-15(20-3)8-6-13)19-11-14-9-18-10-16(14)12(19)2/h5-8,12,14,16-18H,4,9-11H2,1-3H3. The van der Waals surface area contributed by atoms with Crippen molar-refractivity contribution in [3.05, 3.63) is 29.8 Å². The van der Waals surface area contributed by atoms with Crippen molar-refractivity contribution in [1.82, 2.24) is 10.2 Å². The van der Waals surface area contributed by atoms with Gasteiger partial charge in [-0.25, -0.2) is 0 Å². The molecule has 0 spiro atoms. The zero-order chi connectivity index (χ0) is 14.1. The minimum atomic E-state index is 0.543. The Hall–Kier alpha value is -1.06. The summed E-state index contributed by atoms with van der Waals surface area (Å²) in [5.74, 6) is 2.62. The van der Waals surface area contributed by atoms with Gasteiger partial charge in [-0.15, -0.1) is 0 Å². The third-order valence-corrected chi connectivity index (χ3v) is 5.27. The van der Waals surface area contributed by atoms with Crippen LogP contribution in [0.2, 0.25) is 0 Å². The van der Waals surface area contributed by atoms with Gasteiger partial charge in [-0.05, 0) is 56.0 Å². The zero-order valence-corrected chi connectivity index (χ0v) is 12.8. The van der Waals surface area contributed by atoms with Crippen molar-refractivity contribution in [1.29, 1.82) is 0 Å². The van der Waals surface area contributed by atoms with Gasteiger partial charge >= 0.3 is 0 Å². The Kier molecular flexibility index (Phi) is 3.99. The molecule has 2 aliphatic rings. The molecule has 20 heavy (non-hydrogen) atoms. The van der Waals surface area contributed by atoms with Crippen molar-refractivity contribution in [2.45, 2.75) is 32.4 Å². The number of benzene rings is 1. The molecule has 110 valence electrons. The number of ether oxygens (including phenoxy) is 1. The summed E-state index contributed by atoms with van der Waals surface area (Å²) in [7, 11) is 1.73. The van der Waals surface area contributed by atoms with Crippen LogP contribution in [0.1, 0.15) is 31.9 Å². The predicted octanol–water partition coefficient (Wildman–Crippen LogP) is 2.69. The molecule has 0 amide bonds. The van der Waals surface area contributed by atoms with E-state index in [-0.39, 0.29) is 0 Å². The molecular weight excluding hydrogens is 248 g/mol. The lowest BCUT2D eigenvalue weighted by Crippen LogP contribution is -2.36. The summed E-state index contributed by atoms with van der Waals surface area (Å²) in [6.45, 7) is 8.34. The van der Waals surface area contributed by atoms with E-state index in [1.165, 1.54) is 31.6 Å². The summed E-state index contributed by atoms with van der Waals surface area (Å²) in [6, 6.07) is 9.85. The normalized spacial score (nSPS) is 31.2. The fraction of sp³-hybridized carbons (Fsp3) is 0.647. The van der Waals surface area contributed by atoms with Crippen LogP contribution in [-0.4, -0.2) is 37.7 Å². The SMILES string of the molecule is CCC(c1ccc(OC)cc1)N1CC2CNCC2C1C. The number of rotatable bonds is 4. The van der Waals surface area contributed by atoms with Crippen LogP contribution in [-0.2, 0) is 0 Å². The van der Waals surface area contributed by atoms with Gasteiger partial charge in [0.15, 0.2) is 0 Å². The van der Waals surface area contributed by atoms with Crippen molar-refractivity contribution in [3.63, 3.8) is 0 Å². The summed E-state index contributed by atoms with van der Waals surface area (Å²) in [5, 5.41) is 3.54. The van der Waals surface area contributed by atoms with Crippen LogP contribution in [0.25, 0.3) is 0 Å². The van der Waals surface area contributed by atoms with E-state index in [4.69, 9.17) is 4.74 Å². The third kappa shape index (κ3) is 2.33. The lowest BCUT2D eigenvalue weighted by molar-refractivity contribution is 0.166. The van der Waals surface area contributed by atoms with Gasteiger partial charge in [-0.1, -0.05) is 19.1 Å². The van der Waals surface area contributed by atoms with E-state index in [2.05, 4.69) is 48.3 Å². The third-order valence-electron chi connectivity index (χ3n) is 5.27.